The minimum absolute atomic E-state index is 0.0572. The van der Waals surface area contributed by atoms with Gasteiger partial charge < -0.3 is 15.2 Å². The number of nitrogens with one attached hydrogen (secondary N) is 1. The first-order valence-electron chi connectivity index (χ1n) is 13.1. The molecule has 1 amide bonds. The molecule has 4 aromatic rings. The van der Waals surface area contributed by atoms with Crippen molar-refractivity contribution in [1.82, 2.24) is 24.4 Å². The molecular weight excluding hydrogens is 563 g/mol. The molecule has 3 heterocycles. The maximum Gasteiger partial charge on any atom is 0.434 e. The van der Waals surface area contributed by atoms with E-state index >= 15 is 0 Å². The largest absolute Gasteiger partial charge is 0.475 e. The minimum atomic E-state index is -4.78. The summed E-state index contributed by atoms with van der Waals surface area (Å²) in [6.07, 6.45) is 0.0807. The second kappa shape index (κ2) is 11.9. The number of aliphatic hydroxyl groups is 1. The first-order chi connectivity index (χ1) is 19.7. The Hall–Kier alpha value is -3.90. The van der Waals surface area contributed by atoms with Gasteiger partial charge in [0.1, 0.15) is 6.61 Å². The summed E-state index contributed by atoms with van der Waals surface area (Å²) in [5, 5.41) is 11.6. The minimum Gasteiger partial charge on any atom is -0.475 e. The van der Waals surface area contributed by atoms with Crippen molar-refractivity contribution in [3.63, 3.8) is 0 Å². The number of ether oxygens (including phenoxy) is 1. The van der Waals surface area contributed by atoms with Crippen LogP contribution in [0.4, 0.5) is 13.2 Å². The second-order valence-corrected chi connectivity index (χ2v) is 10.3. The van der Waals surface area contributed by atoms with Crippen LogP contribution in [0, 0.1) is 5.92 Å². The lowest BCUT2D eigenvalue weighted by atomic mass is 9.85. The third kappa shape index (κ3) is 6.23. The summed E-state index contributed by atoms with van der Waals surface area (Å²) in [5.74, 6) is -0.396. The lowest BCUT2D eigenvalue weighted by Crippen LogP contribution is -2.39. The van der Waals surface area contributed by atoms with Gasteiger partial charge in [-0.3, -0.25) is 13.9 Å². The predicted molar refractivity (Wildman–Crippen MR) is 145 cm³/mol. The maximum absolute atomic E-state index is 13.6. The van der Waals surface area contributed by atoms with Crippen LogP contribution in [0.2, 0.25) is 5.02 Å². The number of rotatable bonds is 8. The van der Waals surface area contributed by atoms with E-state index in [1.165, 1.54) is 0 Å². The van der Waals surface area contributed by atoms with E-state index in [1.807, 2.05) is 24.3 Å². The Labute approximate surface area is 237 Å². The highest BCUT2D eigenvalue weighted by Crippen LogP contribution is 2.32. The summed E-state index contributed by atoms with van der Waals surface area (Å²) in [6, 6.07) is 11.5. The lowest BCUT2D eigenvalue weighted by Gasteiger charge is -2.29. The van der Waals surface area contributed by atoms with Crippen molar-refractivity contribution in [3.05, 3.63) is 81.6 Å². The van der Waals surface area contributed by atoms with Crippen LogP contribution in [0.25, 0.3) is 16.7 Å². The molecule has 5 rings (SSSR count). The molecule has 0 unspecified atom stereocenters. The van der Waals surface area contributed by atoms with E-state index < -0.39 is 23.3 Å². The second-order valence-electron chi connectivity index (χ2n) is 9.88. The van der Waals surface area contributed by atoms with Crippen LogP contribution in [0.1, 0.15) is 41.7 Å². The van der Waals surface area contributed by atoms with E-state index in [0.29, 0.717) is 43.8 Å². The highest BCUT2D eigenvalue weighted by atomic mass is 35.5. The van der Waals surface area contributed by atoms with Crippen molar-refractivity contribution < 1.29 is 27.8 Å². The van der Waals surface area contributed by atoms with E-state index in [9.17, 15) is 22.8 Å². The topological polar surface area (TPSA) is 111 Å². The van der Waals surface area contributed by atoms with E-state index in [-0.39, 0.29) is 35.9 Å². The van der Waals surface area contributed by atoms with Crippen LogP contribution >= 0.6 is 11.6 Å². The van der Waals surface area contributed by atoms with E-state index in [0.717, 1.165) is 23.3 Å². The van der Waals surface area contributed by atoms with Crippen LogP contribution in [-0.4, -0.2) is 49.4 Å². The van der Waals surface area contributed by atoms with Crippen LogP contribution in [0.15, 0.2) is 59.7 Å². The molecule has 2 N–H and O–H groups in total. The summed E-state index contributed by atoms with van der Waals surface area (Å²) in [5.41, 5.74) is -0.0380. The standard InChI is InChI=1S/C28H27ClF3N5O4/c29-18-13-21(25(34-14-18)28(30,31)32)26(39)35-19-7-5-17(6-8-19)16-36-22-3-1-2-4-23(22)37(27(36)40)20-9-10-24(33-15-20)41-12-11-38/h1-4,9-10,13-15,17,19,38H,5-8,11-12,16H2,(H,35,39). The summed E-state index contributed by atoms with van der Waals surface area (Å²) in [4.78, 5) is 33.9. The number of pyridine rings is 2. The Balaban J connectivity index is 1.29. The lowest BCUT2D eigenvalue weighted by molar-refractivity contribution is -0.141. The molecule has 216 valence electrons. The van der Waals surface area contributed by atoms with Crippen molar-refractivity contribution in [3.8, 4) is 11.6 Å². The average molecular weight is 590 g/mol. The van der Waals surface area contributed by atoms with E-state index in [4.69, 9.17) is 21.4 Å². The summed E-state index contributed by atoms with van der Waals surface area (Å²) in [7, 11) is 0. The van der Waals surface area contributed by atoms with Gasteiger partial charge >= 0.3 is 11.9 Å². The van der Waals surface area contributed by atoms with Crippen LogP contribution < -0.4 is 15.7 Å². The van der Waals surface area contributed by atoms with Gasteiger partial charge in [-0.05, 0) is 55.9 Å². The van der Waals surface area contributed by atoms with E-state index in [1.54, 1.807) is 27.5 Å². The molecule has 0 saturated heterocycles. The number of nitrogens with zero attached hydrogens (tertiary/aromatic N) is 4. The Bertz CT molecular complexity index is 1600. The van der Waals surface area contributed by atoms with Crippen molar-refractivity contribution in [2.45, 2.75) is 44.4 Å². The molecular formula is C28H27ClF3N5O4. The zero-order valence-electron chi connectivity index (χ0n) is 21.8. The zero-order valence-corrected chi connectivity index (χ0v) is 22.5. The van der Waals surface area contributed by atoms with Gasteiger partial charge in [-0.2, -0.15) is 13.2 Å². The first kappa shape index (κ1) is 28.6. The Morgan fingerprint density at radius 1 is 1.07 bits per heavy atom. The van der Waals surface area contributed by atoms with Crippen molar-refractivity contribution in [2.24, 2.45) is 5.92 Å². The van der Waals surface area contributed by atoms with Crippen molar-refractivity contribution in [1.29, 1.82) is 0 Å². The molecule has 3 aromatic heterocycles. The number of carbonyl (C=O) groups excluding carboxylic acids is 1. The number of carbonyl (C=O) groups is 1. The number of para-hydroxylation sites is 2. The number of hydrogen-bond acceptors (Lipinski definition) is 6. The molecule has 0 spiro atoms. The molecule has 13 heteroatoms. The number of alkyl halides is 3. The monoisotopic (exact) mass is 589 g/mol. The summed E-state index contributed by atoms with van der Waals surface area (Å²) in [6.45, 7) is 0.432. The molecule has 0 bridgehead atoms. The molecule has 0 radical (unpaired) electrons. The molecule has 41 heavy (non-hydrogen) atoms. The predicted octanol–water partition coefficient (Wildman–Crippen LogP) is 4.61. The fourth-order valence-corrected chi connectivity index (χ4v) is 5.38. The number of amides is 1. The number of benzene rings is 1. The maximum atomic E-state index is 13.6. The zero-order chi connectivity index (χ0) is 29.1. The van der Waals surface area contributed by atoms with Gasteiger partial charge in [-0.25, -0.2) is 14.8 Å². The first-order valence-corrected chi connectivity index (χ1v) is 13.5. The summed E-state index contributed by atoms with van der Waals surface area (Å²) < 4.78 is 48.7. The van der Waals surface area contributed by atoms with Gasteiger partial charge in [0.05, 0.1) is 40.1 Å². The third-order valence-electron chi connectivity index (χ3n) is 7.15. The van der Waals surface area contributed by atoms with Crippen LogP contribution in [0.5, 0.6) is 5.88 Å². The van der Waals surface area contributed by atoms with Crippen molar-refractivity contribution in [2.75, 3.05) is 13.2 Å². The van der Waals surface area contributed by atoms with Crippen molar-refractivity contribution >= 4 is 28.5 Å². The Morgan fingerprint density at radius 3 is 2.46 bits per heavy atom. The average Bonchev–Trinajstić information content (AvgIpc) is 3.23. The number of aliphatic hydroxyl groups excluding tert-OH is 1. The number of halogens is 4. The van der Waals surface area contributed by atoms with Crippen LogP contribution in [0.3, 0.4) is 0 Å². The number of hydrogen-bond donors (Lipinski definition) is 2. The van der Waals surface area contributed by atoms with Crippen LogP contribution in [-0.2, 0) is 12.7 Å². The highest BCUT2D eigenvalue weighted by Gasteiger charge is 2.38. The molecule has 1 saturated carbocycles. The van der Waals surface area contributed by atoms with Gasteiger partial charge in [0.25, 0.3) is 5.91 Å². The van der Waals surface area contributed by atoms with Gasteiger partial charge in [-0.1, -0.05) is 23.7 Å². The summed E-state index contributed by atoms with van der Waals surface area (Å²) >= 11 is 5.81. The molecule has 1 aliphatic carbocycles. The molecule has 1 fully saturated rings. The fourth-order valence-electron chi connectivity index (χ4n) is 5.22. The normalized spacial score (nSPS) is 17.5. The SMILES string of the molecule is O=C(NC1CCC(Cn2c(=O)n(-c3ccc(OCCO)nc3)c3ccccc32)CC1)c1cc(Cl)cnc1C(F)(F)F. The smallest absolute Gasteiger partial charge is 0.434 e. The Kier molecular flexibility index (Phi) is 8.32. The van der Waals surface area contributed by atoms with E-state index in [2.05, 4.69) is 15.3 Å². The fraction of sp³-hybridized carbons (Fsp3) is 0.357. The van der Waals surface area contributed by atoms with Gasteiger partial charge in [0.2, 0.25) is 5.88 Å². The van der Waals surface area contributed by atoms with Gasteiger partial charge in [0.15, 0.2) is 5.69 Å². The number of fused-ring (bicyclic) bond motifs is 1. The highest BCUT2D eigenvalue weighted by molar-refractivity contribution is 6.30. The molecule has 1 aliphatic rings. The molecule has 9 nitrogen and oxygen atoms in total. The quantitative estimate of drug-likeness (QED) is 0.310. The number of imidazole rings is 1. The van der Waals surface area contributed by atoms with Gasteiger partial charge in [0, 0.05) is 24.8 Å². The molecule has 0 atom stereocenters. The third-order valence-corrected chi connectivity index (χ3v) is 7.35. The van der Waals surface area contributed by atoms with Gasteiger partial charge in [-0.15, -0.1) is 0 Å². The number of aromatic nitrogens is 4. The Morgan fingerprint density at radius 2 is 1.80 bits per heavy atom. The molecule has 1 aromatic carbocycles. The molecule has 0 aliphatic heterocycles.